The predicted octanol–water partition coefficient (Wildman–Crippen LogP) is 8.37. The normalized spacial score (nSPS) is 11.3. The minimum atomic E-state index is 0.566. The summed E-state index contributed by atoms with van der Waals surface area (Å²) in [6.07, 6.45) is 2.97. The van der Waals surface area contributed by atoms with Crippen molar-refractivity contribution in [1.29, 1.82) is 0 Å². The molecule has 7 rings (SSSR count). The second-order valence-electron chi connectivity index (χ2n) is 10.5. The van der Waals surface area contributed by atoms with Crippen molar-refractivity contribution in [3.63, 3.8) is 0 Å². The molecule has 45 heavy (non-hydrogen) atoms. The van der Waals surface area contributed by atoms with E-state index >= 15 is 0 Å². The number of hydrogen-bond donors (Lipinski definition) is 1. The summed E-state index contributed by atoms with van der Waals surface area (Å²) >= 11 is 3.23. The summed E-state index contributed by atoms with van der Waals surface area (Å²) in [5, 5.41) is 26.2. The van der Waals surface area contributed by atoms with Crippen LogP contribution in [-0.2, 0) is 13.0 Å². The lowest BCUT2D eigenvalue weighted by atomic mass is 9.95. The smallest absolute Gasteiger partial charge is 0.205 e. The zero-order valence-electron chi connectivity index (χ0n) is 24.7. The molecule has 4 aromatic carbocycles. The van der Waals surface area contributed by atoms with Crippen molar-refractivity contribution < 1.29 is 0 Å². The molecule has 3 heterocycles. The summed E-state index contributed by atoms with van der Waals surface area (Å²) in [7, 11) is 0. The minimum Gasteiger partial charge on any atom is -0.321 e. The summed E-state index contributed by atoms with van der Waals surface area (Å²) in [6, 6.07) is 37.4. The third-order valence-electron chi connectivity index (χ3n) is 7.50. The highest BCUT2D eigenvalue weighted by atomic mass is 32.2. The average molecular weight is 627 g/mol. The molecule has 3 aromatic heterocycles. The Balaban J connectivity index is 1.40. The molecule has 0 amide bonds. The molecule has 7 aromatic rings. The molecular weight excluding hydrogens is 597 g/mol. The molecule has 0 spiro atoms. The number of rotatable bonds is 11. The second-order valence-corrected chi connectivity index (χ2v) is 12.6. The zero-order valence-corrected chi connectivity index (χ0v) is 26.3. The lowest BCUT2D eigenvalue weighted by Gasteiger charge is -2.16. The van der Waals surface area contributed by atoms with Gasteiger partial charge in [-0.2, -0.15) is 5.21 Å². The van der Waals surface area contributed by atoms with Crippen LogP contribution in [0.5, 0.6) is 0 Å². The molecular formula is C35H30N8S2. The summed E-state index contributed by atoms with van der Waals surface area (Å²) < 4.78 is 2.36. The van der Waals surface area contributed by atoms with Gasteiger partial charge in [0.1, 0.15) is 21.9 Å². The van der Waals surface area contributed by atoms with Crippen LogP contribution in [0, 0.1) is 0 Å². The number of unbranched alkanes of at least 4 members (excludes halogenated alkanes) is 1. The summed E-state index contributed by atoms with van der Waals surface area (Å²) in [5.41, 5.74) is 6.13. The first-order valence-electron chi connectivity index (χ1n) is 14.9. The Morgan fingerprint density at radius 3 is 1.98 bits per heavy atom. The highest BCUT2D eigenvalue weighted by Gasteiger charge is 2.23. The van der Waals surface area contributed by atoms with E-state index in [1.54, 1.807) is 23.5 Å². The van der Waals surface area contributed by atoms with Crippen LogP contribution in [0.2, 0.25) is 0 Å². The number of hydrogen-bond acceptors (Lipinski definition) is 8. The standard InChI is InChI=1S/C35H30N8S2/c1-2-3-22-30-36-31-32(35(45-26-17-8-5-9-18-26)40-39-34(31)44-25-15-6-4-7-16-25)43(30)23-24-14-10-11-19-27(24)28-20-12-13-21-29(28)33-37-41-42-38-33/h4-21H,2-3,22-23H2,1H3,(H,37,38,41,42). The van der Waals surface area contributed by atoms with Crippen molar-refractivity contribution >= 4 is 34.6 Å². The van der Waals surface area contributed by atoms with Crippen LogP contribution < -0.4 is 0 Å². The maximum absolute atomic E-state index is 5.30. The van der Waals surface area contributed by atoms with Gasteiger partial charge in [0.2, 0.25) is 5.82 Å². The predicted molar refractivity (Wildman–Crippen MR) is 179 cm³/mol. The highest BCUT2D eigenvalue weighted by molar-refractivity contribution is 8.00. The van der Waals surface area contributed by atoms with Gasteiger partial charge in [-0.05, 0) is 52.6 Å². The number of benzene rings is 4. The van der Waals surface area contributed by atoms with E-state index in [-0.39, 0.29) is 0 Å². The fourth-order valence-corrected chi connectivity index (χ4v) is 7.10. The monoisotopic (exact) mass is 626 g/mol. The van der Waals surface area contributed by atoms with Gasteiger partial charge in [0.05, 0.1) is 6.54 Å². The summed E-state index contributed by atoms with van der Waals surface area (Å²) in [5.74, 6) is 1.60. The largest absolute Gasteiger partial charge is 0.321 e. The lowest BCUT2D eigenvalue weighted by molar-refractivity contribution is 0.686. The third kappa shape index (κ3) is 6.25. The van der Waals surface area contributed by atoms with E-state index in [4.69, 9.17) is 15.2 Å². The second kappa shape index (κ2) is 13.5. The van der Waals surface area contributed by atoms with Gasteiger partial charge in [-0.25, -0.2) is 4.98 Å². The van der Waals surface area contributed by atoms with E-state index in [0.717, 1.165) is 78.2 Å². The number of nitrogens with zero attached hydrogens (tertiary/aromatic N) is 7. The van der Waals surface area contributed by atoms with Crippen LogP contribution in [0.25, 0.3) is 33.5 Å². The van der Waals surface area contributed by atoms with Gasteiger partial charge in [0, 0.05) is 21.8 Å². The van der Waals surface area contributed by atoms with Crippen molar-refractivity contribution in [3.8, 4) is 22.5 Å². The van der Waals surface area contributed by atoms with Crippen LogP contribution in [0.15, 0.2) is 129 Å². The Hall–Kier alpha value is -4.80. The minimum absolute atomic E-state index is 0.566. The first-order valence-corrected chi connectivity index (χ1v) is 16.5. The van der Waals surface area contributed by atoms with Crippen molar-refractivity contribution in [1.82, 2.24) is 40.4 Å². The Morgan fingerprint density at radius 2 is 1.29 bits per heavy atom. The van der Waals surface area contributed by atoms with Gasteiger partial charge in [-0.1, -0.05) is 122 Å². The maximum atomic E-state index is 5.30. The lowest BCUT2D eigenvalue weighted by Crippen LogP contribution is -2.08. The van der Waals surface area contributed by atoms with Crippen molar-refractivity contribution in [2.75, 3.05) is 0 Å². The van der Waals surface area contributed by atoms with Crippen molar-refractivity contribution in [3.05, 3.63) is 121 Å². The number of aromatic nitrogens is 8. The summed E-state index contributed by atoms with van der Waals surface area (Å²) in [4.78, 5) is 7.51. The number of aromatic amines is 1. The van der Waals surface area contributed by atoms with E-state index in [1.807, 2.05) is 54.6 Å². The number of H-pyrrole nitrogens is 1. The van der Waals surface area contributed by atoms with Gasteiger partial charge < -0.3 is 4.57 Å². The average Bonchev–Trinajstić information content (AvgIpc) is 3.76. The third-order valence-corrected chi connectivity index (χ3v) is 9.45. The topological polar surface area (TPSA) is 98.1 Å². The molecule has 0 atom stereocenters. The molecule has 0 aliphatic rings. The molecule has 0 aliphatic carbocycles. The van der Waals surface area contributed by atoms with Crippen LogP contribution >= 0.6 is 23.5 Å². The molecule has 0 bridgehead atoms. The molecule has 0 unspecified atom stereocenters. The highest BCUT2D eigenvalue weighted by Crippen LogP contribution is 2.39. The van der Waals surface area contributed by atoms with E-state index in [1.165, 1.54) is 0 Å². The van der Waals surface area contributed by atoms with E-state index in [9.17, 15) is 0 Å². The van der Waals surface area contributed by atoms with Gasteiger partial charge in [-0.3, -0.25) is 0 Å². The van der Waals surface area contributed by atoms with E-state index < -0.39 is 0 Å². The Kier molecular flexibility index (Phi) is 8.65. The quantitative estimate of drug-likeness (QED) is 0.153. The number of tetrazole rings is 1. The maximum Gasteiger partial charge on any atom is 0.205 e. The first-order chi connectivity index (χ1) is 22.3. The van der Waals surface area contributed by atoms with Gasteiger partial charge >= 0.3 is 0 Å². The Morgan fingerprint density at radius 1 is 0.667 bits per heavy atom. The Labute approximate surface area is 269 Å². The molecule has 0 fully saturated rings. The fourth-order valence-electron chi connectivity index (χ4n) is 5.36. The van der Waals surface area contributed by atoms with E-state index in [2.05, 4.69) is 86.7 Å². The van der Waals surface area contributed by atoms with Crippen molar-refractivity contribution in [2.45, 2.75) is 52.6 Å². The van der Waals surface area contributed by atoms with E-state index in [0.29, 0.717) is 12.4 Å². The van der Waals surface area contributed by atoms with Gasteiger partial charge in [-0.15, -0.1) is 20.4 Å². The van der Waals surface area contributed by atoms with Crippen LogP contribution in [0.1, 0.15) is 31.2 Å². The van der Waals surface area contributed by atoms with Crippen molar-refractivity contribution in [2.24, 2.45) is 0 Å². The zero-order chi connectivity index (χ0) is 30.4. The molecule has 222 valence electrons. The number of nitrogens with one attached hydrogen (secondary N) is 1. The fraction of sp³-hybridized carbons (Fsp3) is 0.143. The van der Waals surface area contributed by atoms with Crippen LogP contribution in [-0.4, -0.2) is 40.4 Å². The van der Waals surface area contributed by atoms with Gasteiger partial charge in [0.25, 0.3) is 0 Å². The Bertz CT molecular complexity index is 2030. The molecule has 1 N–H and O–H groups in total. The molecule has 0 radical (unpaired) electrons. The number of imidazole rings is 1. The SMILES string of the molecule is CCCCc1nc2c(Sc3ccccc3)nnc(Sc3ccccc3)c2n1Cc1ccccc1-c1ccccc1-c1nn[nH]n1. The molecule has 0 aliphatic heterocycles. The first kappa shape index (κ1) is 28.9. The molecule has 0 saturated heterocycles. The van der Waals surface area contributed by atoms with Crippen LogP contribution in [0.3, 0.4) is 0 Å². The number of fused-ring (bicyclic) bond motifs is 1. The molecule has 10 heteroatoms. The van der Waals surface area contributed by atoms with Gasteiger partial charge in [0.15, 0.2) is 5.03 Å². The summed E-state index contributed by atoms with van der Waals surface area (Å²) in [6.45, 7) is 2.84. The number of aryl methyl sites for hydroxylation is 1. The molecule has 8 nitrogen and oxygen atoms in total. The molecule has 0 saturated carbocycles. The van der Waals surface area contributed by atoms with Crippen LogP contribution in [0.4, 0.5) is 0 Å².